The van der Waals surface area contributed by atoms with Gasteiger partial charge in [0.25, 0.3) is 15.9 Å². The number of anilines is 1. The van der Waals surface area contributed by atoms with Crippen LogP contribution in [0.4, 0.5) is 5.69 Å². The number of nitrogens with zero attached hydrogens (tertiary/aromatic N) is 1. The minimum absolute atomic E-state index is 0.155. The van der Waals surface area contributed by atoms with E-state index in [-0.39, 0.29) is 16.5 Å². The number of nitrogens with one attached hydrogen (secondary N) is 3. The third kappa shape index (κ3) is 4.82. The first kappa shape index (κ1) is 23.0. The highest BCUT2D eigenvalue weighted by atomic mass is 32.2. The van der Waals surface area contributed by atoms with Crippen molar-refractivity contribution in [1.29, 1.82) is 0 Å². The average Bonchev–Trinajstić information content (AvgIpc) is 3.06. The molecule has 0 radical (unpaired) electrons. The Bertz CT molecular complexity index is 1270. The van der Waals surface area contributed by atoms with Crippen LogP contribution in [-0.2, 0) is 14.8 Å². The summed E-state index contributed by atoms with van der Waals surface area (Å²) in [6.07, 6.45) is 0. The van der Waals surface area contributed by atoms with Gasteiger partial charge < -0.3 is 14.6 Å². The van der Waals surface area contributed by atoms with E-state index < -0.39 is 15.9 Å². The summed E-state index contributed by atoms with van der Waals surface area (Å²) in [5.41, 5.74) is 5.18. The van der Waals surface area contributed by atoms with Gasteiger partial charge in [-0.3, -0.25) is 15.0 Å². The zero-order chi connectivity index (χ0) is 23.5. The smallest absolute Gasteiger partial charge is 0.268 e. The molecule has 0 aliphatic rings. The van der Waals surface area contributed by atoms with Crippen LogP contribution in [0.25, 0.3) is 5.69 Å². The molecule has 3 N–H and O–H groups in total. The Balaban J connectivity index is 1.81. The van der Waals surface area contributed by atoms with Gasteiger partial charge >= 0.3 is 0 Å². The Morgan fingerprint density at radius 3 is 2.31 bits per heavy atom. The van der Waals surface area contributed by atoms with Gasteiger partial charge in [-0.25, -0.2) is 8.42 Å². The number of carbonyl (C=O) groups is 2. The first-order chi connectivity index (χ1) is 15.1. The van der Waals surface area contributed by atoms with Crippen LogP contribution in [-0.4, -0.2) is 31.9 Å². The van der Waals surface area contributed by atoms with Crippen molar-refractivity contribution in [2.45, 2.75) is 25.7 Å². The Morgan fingerprint density at radius 1 is 1.00 bits per heavy atom. The number of methoxy groups -OCH3 is 1. The number of hydrogen-bond acceptors (Lipinski definition) is 5. The minimum Gasteiger partial charge on any atom is -0.495 e. The van der Waals surface area contributed by atoms with Crippen molar-refractivity contribution in [3.05, 3.63) is 71.5 Å². The number of carbonyl (C=O) groups excluding carboxylic acids is 2. The van der Waals surface area contributed by atoms with Gasteiger partial charge in [0.05, 0.1) is 23.3 Å². The molecule has 3 rings (SSSR count). The zero-order valence-electron chi connectivity index (χ0n) is 18.1. The van der Waals surface area contributed by atoms with Crippen molar-refractivity contribution in [2.75, 3.05) is 12.4 Å². The van der Waals surface area contributed by atoms with Crippen LogP contribution in [0.15, 0.2) is 59.5 Å². The Kier molecular flexibility index (Phi) is 6.66. The standard InChI is InChI=1S/C22H24N4O5S/c1-14-12-19(15(2)26(14)17-8-6-5-7-9-17)22(28)24-25-32(29,30)18-10-11-21(31-4)20(13-18)23-16(3)27/h5-13,25H,1-4H3,(H,23,27)(H,24,28). The number of ether oxygens (including phenoxy) is 1. The molecule has 0 fully saturated rings. The molecule has 0 bridgehead atoms. The van der Waals surface area contributed by atoms with Crippen molar-refractivity contribution in [2.24, 2.45) is 0 Å². The van der Waals surface area contributed by atoms with Crippen LogP contribution in [0.5, 0.6) is 5.75 Å². The highest BCUT2D eigenvalue weighted by Crippen LogP contribution is 2.27. The van der Waals surface area contributed by atoms with Gasteiger partial charge in [-0.2, -0.15) is 0 Å². The molecule has 9 nitrogen and oxygen atoms in total. The van der Waals surface area contributed by atoms with Gasteiger partial charge in [0.1, 0.15) is 5.75 Å². The van der Waals surface area contributed by atoms with E-state index >= 15 is 0 Å². The maximum absolute atomic E-state index is 12.7. The van der Waals surface area contributed by atoms with Crippen molar-refractivity contribution in [3.63, 3.8) is 0 Å². The molecule has 0 spiro atoms. The van der Waals surface area contributed by atoms with Crippen molar-refractivity contribution >= 4 is 27.5 Å². The molecule has 0 saturated carbocycles. The Morgan fingerprint density at radius 2 is 1.69 bits per heavy atom. The number of benzene rings is 2. The molecule has 2 amide bonds. The predicted octanol–water partition coefficient (Wildman–Crippen LogP) is 2.68. The fourth-order valence-electron chi connectivity index (χ4n) is 3.35. The lowest BCUT2D eigenvalue weighted by Crippen LogP contribution is -2.41. The molecule has 0 aliphatic carbocycles. The molecule has 0 atom stereocenters. The van der Waals surface area contributed by atoms with Crippen LogP contribution in [0.1, 0.15) is 28.7 Å². The van der Waals surface area contributed by atoms with Crippen LogP contribution in [0.3, 0.4) is 0 Å². The number of hydrogen-bond donors (Lipinski definition) is 3. The van der Waals surface area contributed by atoms with Crippen LogP contribution < -0.4 is 20.3 Å². The van der Waals surface area contributed by atoms with Gasteiger partial charge in [0, 0.05) is 24.0 Å². The first-order valence-electron chi connectivity index (χ1n) is 9.66. The number of hydrazine groups is 1. The van der Waals surface area contributed by atoms with E-state index in [1.54, 1.807) is 13.0 Å². The predicted molar refractivity (Wildman–Crippen MR) is 120 cm³/mol. The summed E-state index contributed by atoms with van der Waals surface area (Å²) in [6.45, 7) is 4.94. The zero-order valence-corrected chi connectivity index (χ0v) is 18.9. The quantitative estimate of drug-likeness (QED) is 0.473. The molecule has 10 heteroatoms. The van der Waals surface area contributed by atoms with E-state index in [1.165, 1.54) is 32.2 Å². The highest BCUT2D eigenvalue weighted by molar-refractivity contribution is 7.89. The van der Waals surface area contributed by atoms with Crippen LogP contribution in [0, 0.1) is 13.8 Å². The third-order valence-corrected chi connectivity index (χ3v) is 6.03. The maximum Gasteiger partial charge on any atom is 0.268 e. The molecule has 32 heavy (non-hydrogen) atoms. The highest BCUT2D eigenvalue weighted by Gasteiger charge is 2.21. The topological polar surface area (TPSA) is 119 Å². The summed E-state index contributed by atoms with van der Waals surface area (Å²) >= 11 is 0. The molecular formula is C22H24N4O5S. The number of rotatable bonds is 7. The summed E-state index contributed by atoms with van der Waals surface area (Å²) in [5.74, 6) is -0.677. The first-order valence-corrected chi connectivity index (χ1v) is 11.1. The van der Waals surface area contributed by atoms with Crippen molar-refractivity contribution in [3.8, 4) is 11.4 Å². The van der Waals surface area contributed by atoms with Crippen LogP contribution in [0.2, 0.25) is 0 Å². The lowest BCUT2D eigenvalue weighted by atomic mass is 10.2. The van der Waals surface area contributed by atoms with E-state index in [4.69, 9.17) is 4.74 Å². The molecule has 1 aromatic heterocycles. The third-order valence-electron chi connectivity index (χ3n) is 4.78. The van der Waals surface area contributed by atoms with E-state index in [0.717, 1.165) is 11.4 Å². The lowest BCUT2D eigenvalue weighted by molar-refractivity contribution is -0.114. The van der Waals surface area contributed by atoms with E-state index in [9.17, 15) is 18.0 Å². The summed E-state index contributed by atoms with van der Waals surface area (Å²) in [6, 6.07) is 15.2. The molecule has 3 aromatic rings. The van der Waals surface area contributed by atoms with E-state index in [0.29, 0.717) is 17.0 Å². The van der Waals surface area contributed by atoms with E-state index in [1.807, 2.05) is 41.8 Å². The summed E-state index contributed by atoms with van der Waals surface area (Å²) in [7, 11) is -2.71. The Labute approximate surface area is 186 Å². The van der Waals surface area contributed by atoms with Crippen molar-refractivity contribution < 1.29 is 22.7 Å². The lowest BCUT2D eigenvalue weighted by Gasteiger charge is -2.13. The molecular weight excluding hydrogens is 432 g/mol. The SMILES string of the molecule is COc1ccc(S(=O)(=O)NNC(=O)c2cc(C)n(-c3ccccc3)c2C)cc1NC(C)=O. The van der Waals surface area contributed by atoms with Gasteiger partial charge in [-0.1, -0.05) is 18.2 Å². The second-order valence-electron chi connectivity index (χ2n) is 7.06. The number of sulfonamides is 1. The summed E-state index contributed by atoms with van der Waals surface area (Å²) in [5, 5.41) is 2.51. The molecule has 2 aromatic carbocycles. The van der Waals surface area contributed by atoms with E-state index in [2.05, 4.69) is 15.6 Å². The summed E-state index contributed by atoms with van der Waals surface area (Å²) < 4.78 is 32.4. The molecule has 168 valence electrons. The largest absolute Gasteiger partial charge is 0.495 e. The van der Waals surface area contributed by atoms with Crippen molar-refractivity contribution in [1.82, 2.24) is 14.8 Å². The normalized spacial score (nSPS) is 11.1. The molecule has 0 aliphatic heterocycles. The van der Waals surface area contributed by atoms with Crippen LogP contribution >= 0.6 is 0 Å². The summed E-state index contributed by atoms with van der Waals surface area (Å²) in [4.78, 5) is 26.1. The number of aryl methyl sites for hydroxylation is 1. The second kappa shape index (κ2) is 9.25. The number of aromatic nitrogens is 1. The van der Waals surface area contributed by atoms with Gasteiger partial charge in [-0.15, -0.1) is 4.83 Å². The minimum atomic E-state index is -4.11. The van der Waals surface area contributed by atoms with Gasteiger partial charge in [0.2, 0.25) is 5.91 Å². The fourth-order valence-corrected chi connectivity index (χ4v) is 4.21. The van der Waals surface area contributed by atoms with Gasteiger partial charge in [-0.05, 0) is 50.2 Å². The molecule has 0 saturated heterocycles. The molecule has 1 heterocycles. The molecule has 0 unspecified atom stereocenters. The van der Waals surface area contributed by atoms with Gasteiger partial charge in [0.15, 0.2) is 0 Å². The number of amides is 2. The maximum atomic E-state index is 12.7. The second-order valence-corrected chi connectivity index (χ2v) is 8.74. The fraction of sp³-hybridized carbons (Fsp3) is 0.182. The Hall–Kier alpha value is -3.63. The average molecular weight is 457 g/mol. The monoisotopic (exact) mass is 456 g/mol. The number of para-hydroxylation sites is 1.